The molecule has 3 rings (SSSR count). The highest BCUT2D eigenvalue weighted by Crippen LogP contribution is 2.44. The van der Waals surface area contributed by atoms with Gasteiger partial charge >= 0.3 is 0 Å². The molecule has 3 aliphatic heterocycles. The molecule has 0 amide bonds. The number of hydrogen-bond acceptors (Lipinski definition) is 8. The van der Waals surface area contributed by atoms with Crippen molar-refractivity contribution < 1.29 is 39.0 Å². The van der Waals surface area contributed by atoms with Crippen molar-refractivity contribution in [3.05, 3.63) is 11.6 Å². The second-order valence-corrected chi connectivity index (χ2v) is 11.9. The minimum absolute atomic E-state index is 0.0285. The lowest BCUT2D eigenvalue weighted by atomic mass is 9.81. The zero-order valence-electron chi connectivity index (χ0n) is 24.0. The van der Waals surface area contributed by atoms with Gasteiger partial charge in [0.15, 0.2) is 12.1 Å². The molecule has 0 aromatic rings. The SMILES string of the molecule is CC[C@H](C)[C@H]1O[C@]2(CC[C@@H]1C)C[C@@H](O)C[C@@H](C/C=C(\C)[C@@H](O[C@H]1C[C@H](OC)[C@@H](O)[C@H](C)O1)[C@@H](C)CO)O2. The van der Waals surface area contributed by atoms with E-state index in [0.717, 1.165) is 24.8 Å². The summed E-state index contributed by atoms with van der Waals surface area (Å²) in [6.07, 6.45) is 4.22. The Kier molecular flexibility index (Phi) is 11.4. The third kappa shape index (κ3) is 7.76. The van der Waals surface area contributed by atoms with Crippen LogP contribution in [0.25, 0.3) is 0 Å². The van der Waals surface area contributed by atoms with E-state index < -0.39 is 30.4 Å². The number of rotatable bonds is 10. The van der Waals surface area contributed by atoms with Crippen molar-refractivity contribution in [3.8, 4) is 0 Å². The van der Waals surface area contributed by atoms with Crippen molar-refractivity contribution in [2.45, 2.75) is 141 Å². The monoisotopic (exact) mass is 528 g/mol. The van der Waals surface area contributed by atoms with Crippen LogP contribution in [0.15, 0.2) is 11.6 Å². The molecule has 8 heteroatoms. The van der Waals surface area contributed by atoms with E-state index in [1.54, 1.807) is 14.0 Å². The van der Waals surface area contributed by atoms with Crippen LogP contribution in [0.2, 0.25) is 0 Å². The van der Waals surface area contributed by atoms with Crippen LogP contribution < -0.4 is 0 Å². The summed E-state index contributed by atoms with van der Waals surface area (Å²) < 4.78 is 30.9. The van der Waals surface area contributed by atoms with Gasteiger partial charge in [-0.3, -0.25) is 0 Å². The highest BCUT2D eigenvalue weighted by molar-refractivity contribution is 5.08. The van der Waals surface area contributed by atoms with E-state index in [9.17, 15) is 15.3 Å². The smallest absolute Gasteiger partial charge is 0.171 e. The van der Waals surface area contributed by atoms with Gasteiger partial charge in [0.2, 0.25) is 0 Å². The summed E-state index contributed by atoms with van der Waals surface area (Å²) >= 11 is 0. The van der Waals surface area contributed by atoms with E-state index in [1.165, 1.54) is 0 Å². The average Bonchev–Trinajstić information content (AvgIpc) is 2.88. The molecule has 0 aliphatic carbocycles. The summed E-state index contributed by atoms with van der Waals surface area (Å²) in [6.45, 7) is 12.4. The van der Waals surface area contributed by atoms with Gasteiger partial charge in [0.1, 0.15) is 6.10 Å². The molecule has 0 bridgehead atoms. The van der Waals surface area contributed by atoms with E-state index in [1.807, 2.05) is 13.8 Å². The van der Waals surface area contributed by atoms with Gasteiger partial charge in [0.05, 0.1) is 36.6 Å². The lowest BCUT2D eigenvalue weighted by Gasteiger charge is -2.50. The number of aliphatic hydroxyl groups is 3. The minimum atomic E-state index is -0.721. The molecular weight excluding hydrogens is 476 g/mol. The topological polar surface area (TPSA) is 107 Å². The summed E-state index contributed by atoms with van der Waals surface area (Å²) in [7, 11) is 1.58. The summed E-state index contributed by atoms with van der Waals surface area (Å²) in [6, 6.07) is 0. The fourth-order valence-electron chi connectivity index (χ4n) is 6.18. The molecule has 0 saturated carbocycles. The van der Waals surface area contributed by atoms with Gasteiger partial charge in [0, 0.05) is 45.3 Å². The van der Waals surface area contributed by atoms with Crippen LogP contribution in [0.3, 0.4) is 0 Å². The molecule has 0 aromatic heterocycles. The highest BCUT2D eigenvalue weighted by Gasteiger charge is 2.48. The van der Waals surface area contributed by atoms with E-state index in [4.69, 9.17) is 23.7 Å². The summed E-state index contributed by atoms with van der Waals surface area (Å²) in [5.74, 6) is 0.0508. The lowest BCUT2D eigenvalue weighted by Crippen LogP contribution is -2.54. The van der Waals surface area contributed by atoms with Crippen LogP contribution in [-0.2, 0) is 23.7 Å². The van der Waals surface area contributed by atoms with E-state index in [-0.39, 0.29) is 36.9 Å². The summed E-state index contributed by atoms with van der Waals surface area (Å²) in [5.41, 5.74) is 0.978. The first-order chi connectivity index (χ1) is 17.5. The fourth-order valence-corrected chi connectivity index (χ4v) is 6.18. The Hall–Kier alpha value is -0.580. The molecule has 3 N–H and O–H groups in total. The van der Waals surface area contributed by atoms with Gasteiger partial charge in [-0.2, -0.15) is 0 Å². The zero-order valence-corrected chi connectivity index (χ0v) is 24.0. The van der Waals surface area contributed by atoms with Crippen LogP contribution in [0.4, 0.5) is 0 Å². The van der Waals surface area contributed by atoms with E-state index in [2.05, 4.69) is 26.8 Å². The molecule has 0 unspecified atom stereocenters. The van der Waals surface area contributed by atoms with Crippen molar-refractivity contribution >= 4 is 0 Å². The first kappa shape index (κ1) is 31.0. The first-order valence-electron chi connectivity index (χ1n) is 14.3. The van der Waals surface area contributed by atoms with Gasteiger partial charge in [-0.15, -0.1) is 0 Å². The fraction of sp³-hybridized carbons (Fsp3) is 0.931. The van der Waals surface area contributed by atoms with Crippen molar-refractivity contribution in [3.63, 3.8) is 0 Å². The average molecular weight is 529 g/mol. The van der Waals surface area contributed by atoms with Crippen LogP contribution in [0.5, 0.6) is 0 Å². The van der Waals surface area contributed by atoms with E-state index >= 15 is 0 Å². The molecule has 12 atom stereocenters. The first-order valence-corrected chi connectivity index (χ1v) is 14.3. The third-order valence-corrected chi connectivity index (χ3v) is 8.77. The molecule has 0 aromatic carbocycles. The predicted octanol–water partition coefficient (Wildman–Crippen LogP) is 3.94. The van der Waals surface area contributed by atoms with Crippen LogP contribution >= 0.6 is 0 Å². The second kappa shape index (κ2) is 13.7. The quantitative estimate of drug-likeness (QED) is 0.366. The normalized spacial score (nSPS) is 41.9. The third-order valence-electron chi connectivity index (χ3n) is 8.77. The Morgan fingerprint density at radius 3 is 2.54 bits per heavy atom. The van der Waals surface area contributed by atoms with Gasteiger partial charge in [-0.05, 0) is 44.1 Å². The molecule has 1 spiro atoms. The lowest BCUT2D eigenvalue weighted by molar-refractivity contribution is -0.340. The van der Waals surface area contributed by atoms with Crippen molar-refractivity contribution in [1.29, 1.82) is 0 Å². The number of ether oxygens (including phenoxy) is 5. The van der Waals surface area contributed by atoms with Gasteiger partial charge in [0.25, 0.3) is 0 Å². The molecule has 3 fully saturated rings. The van der Waals surface area contributed by atoms with Crippen LogP contribution in [-0.4, -0.2) is 83.8 Å². The molecule has 0 radical (unpaired) electrons. The standard InChI is InChI=1S/C29H52O8/c1-8-17(2)28-19(4)11-12-29(37-28)15-22(31)13-23(36-29)10-9-18(3)27(20(5)16-30)35-25-14-24(33-7)26(32)21(6)34-25/h9,17,19-28,30-32H,8,10-16H2,1-7H3/b18-9+/t17-,19-,20-,21-,22-,23+,24-,25-,26-,27+,28+,29+/m0/s1. The minimum Gasteiger partial charge on any atom is -0.396 e. The van der Waals surface area contributed by atoms with Crippen LogP contribution in [0.1, 0.15) is 86.5 Å². The van der Waals surface area contributed by atoms with Crippen molar-refractivity contribution in [2.24, 2.45) is 17.8 Å². The highest BCUT2D eigenvalue weighted by atomic mass is 16.7. The molecule has 216 valence electrons. The Morgan fingerprint density at radius 2 is 1.89 bits per heavy atom. The number of aliphatic hydroxyl groups excluding tert-OH is 3. The molecule has 3 heterocycles. The summed E-state index contributed by atoms with van der Waals surface area (Å²) in [4.78, 5) is 0. The van der Waals surface area contributed by atoms with Crippen LogP contribution in [0, 0.1) is 17.8 Å². The van der Waals surface area contributed by atoms with E-state index in [0.29, 0.717) is 37.5 Å². The Balaban J connectivity index is 1.68. The Labute approximate surface area is 223 Å². The zero-order chi connectivity index (χ0) is 27.3. The van der Waals surface area contributed by atoms with Gasteiger partial charge in [-0.1, -0.05) is 40.2 Å². The Bertz CT molecular complexity index is 727. The number of hydrogen-bond donors (Lipinski definition) is 3. The molecule has 37 heavy (non-hydrogen) atoms. The molecule has 3 aliphatic rings. The predicted molar refractivity (Wildman–Crippen MR) is 141 cm³/mol. The Morgan fingerprint density at radius 1 is 1.16 bits per heavy atom. The van der Waals surface area contributed by atoms with Gasteiger partial charge < -0.3 is 39.0 Å². The maximum atomic E-state index is 10.8. The summed E-state index contributed by atoms with van der Waals surface area (Å²) in [5, 5.41) is 31.0. The van der Waals surface area contributed by atoms with Gasteiger partial charge in [-0.25, -0.2) is 0 Å². The van der Waals surface area contributed by atoms with Crippen molar-refractivity contribution in [2.75, 3.05) is 13.7 Å². The van der Waals surface area contributed by atoms with Crippen molar-refractivity contribution in [1.82, 2.24) is 0 Å². The largest absolute Gasteiger partial charge is 0.396 e. The molecule has 3 saturated heterocycles. The number of methoxy groups -OCH3 is 1. The maximum absolute atomic E-state index is 10.8. The molecular formula is C29H52O8. The molecule has 8 nitrogen and oxygen atoms in total. The second-order valence-electron chi connectivity index (χ2n) is 11.9. The maximum Gasteiger partial charge on any atom is 0.171 e.